The van der Waals surface area contributed by atoms with Gasteiger partial charge in [0.25, 0.3) is 5.56 Å². The van der Waals surface area contributed by atoms with Gasteiger partial charge in [0.05, 0.1) is 6.33 Å². The monoisotopic (exact) mass is 299 g/mol. The zero-order chi connectivity index (χ0) is 11.5. The second kappa shape index (κ2) is 4.67. The van der Waals surface area contributed by atoms with E-state index in [9.17, 15) is 4.79 Å². The number of benzene rings is 1. The molecule has 0 spiro atoms. The van der Waals surface area contributed by atoms with Gasteiger partial charge in [-0.1, -0.05) is 27.5 Å². The number of nitrogens with zero attached hydrogens (tertiary/aromatic N) is 1. The maximum absolute atomic E-state index is 11.2. The van der Waals surface area contributed by atoms with E-state index in [2.05, 4.69) is 31.2 Å². The van der Waals surface area contributed by atoms with Crippen molar-refractivity contribution in [1.82, 2.24) is 9.97 Å². The number of hydrogen-bond acceptors (Lipinski definition) is 3. The van der Waals surface area contributed by atoms with Crippen LogP contribution in [-0.4, -0.2) is 9.97 Å². The molecular formula is C10H7BrClN3O. The smallest absolute Gasteiger partial charge is 0.271 e. The molecule has 0 bridgehead atoms. The molecule has 0 saturated carbocycles. The van der Waals surface area contributed by atoms with Gasteiger partial charge in [-0.2, -0.15) is 0 Å². The molecule has 2 rings (SSSR count). The van der Waals surface area contributed by atoms with Crippen molar-refractivity contribution in [2.75, 3.05) is 5.32 Å². The molecule has 0 amide bonds. The third kappa shape index (κ3) is 2.43. The van der Waals surface area contributed by atoms with Crippen LogP contribution >= 0.6 is 27.5 Å². The molecule has 16 heavy (non-hydrogen) atoms. The van der Waals surface area contributed by atoms with E-state index in [1.165, 1.54) is 6.33 Å². The van der Waals surface area contributed by atoms with Gasteiger partial charge < -0.3 is 10.3 Å². The highest BCUT2D eigenvalue weighted by atomic mass is 79.9. The molecule has 0 fully saturated rings. The lowest BCUT2D eigenvalue weighted by Gasteiger charge is -2.05. The van der Waals surface area contributed by atoms with E-state index in [1.54, 1.807) is 0 Å². The van der Waals surface area contributed by atoms with Crippen molar-refractivity contribution >= 4 is 39.0 Å². The second-order valence-corrected chi connectivity index (χ2v) is 4.32. The van der Waals surface area contributed by atoms with Gasteiger partial charge in [0, 0.05) is 10.2 Å². The fraction of sp³-hybridized carbons (Fsp3) is 0. The van der Waals surface area contributed by atoms with Crippen molar-refractivity contribution in [3.8, 4) is 0 Å². The molecule has 0 unspecified atom stereocenters. The van der Waals surface area contributed by atoms with Crippen LogP contribution in [0.1, 0.15) is 0 Å². The molecule has 1 aromatic carbocycles. The molecule has 0 radical (unpaired) electrons. The largest absolute Gasteiger partial charge is 0.339 e. The molecule has 0 aliphatic heterocycles. The first-order chi connectivity index (χ1) is 7.66. The maximum Gasteiger partial charge on any atom is 0.271 e. The summed E-state index contributed by atoms with van der Waals surface area (Å²) < 4.78 is 0.975. The topological polar surface area (TPSA) is 57.8 Å². The quantitative estimate of drug-likeness (QED) is 0.896. The molecule has 2 N–H and O–H groups in total. The Morgan fingerprint density at radius 2 is 2.00 bits per heavy atom. The fourth-order valence-corrected chi connectivity index (χ4v) is 1.56. The van der Waals surface area contributed by atoms with Crippen LogP contribution in [0.5, 0.6) is 0 Å². The Morgan fingerprint density at radius 1 is 1.31 bits per heavy atom. The van der Waals surface area contributed by atoms with Gasteiger partial charge in [-0.25, -0.2) is 4.98 Å². The predicted molar refractivity (Wildman–Crippen MR) is 67.3 cm³/mol. The average molecular weight is 301 g/mol. The predicted octanol–water partition coefficient (Wildman–Crippen LogP) is 2.93. The van der Waals surface area contributed by atoms with E-state index < -0.39 is 0 Å². The minimum Gasteiger partial charge on any atom is -0.339 e. The third-order valence-electron chi connectivity index (χ3n) is 1.90. The Bertz CT molecular complexity index is 553. The molecule has 0 atom stereocenters. The number of nitrogens with one attached hydrogen (secondary N) is 2. The van der Waals surface area contributed by atoms with Crippen molar-refractivity contribution in [1.29, 1.82) is 0 Å². The highest BCUT2D eigenvalue weighted by Crippen LogP contribution is 2.20. The number of aromatic nitrogens is 2. The van der Waals surface area contributed by atoms with Gasteiger partial charge in [-0.15, -0.1) is 0 Å². The summed E-state index contributed by atoms with van der Waals surface area (Å²) in [5.41, 5.74) is 0.444. The second-order valence-electron chi connectivity index (χ2n) is 3.03. The zero-order valence-electron chi connectivity index (χ0n) is 8.00. The van der Waals surface area contributed by atoms with E-state index >= 15 is 0 Å². The van der Waals surface area contributed by atoms with Crippen LogP contribution < -0.4 is 10.9 Å². The first kappa shape index (κ1) is 11.2. The molecule has 0 aliphatic rings. The van der Waals surface area contributed by atoms with Crippen LogP contribution in [0.2, 0.25) is 5.02 Å². The Hall–Kier alpha value is -1.33. The van der Waals surface area contributed by atoms with Gasteiger partial charge >= 0.3 is 0 Å². The molecule has 0 aliphatic carbocycles. The van der Waals surface area contributed by atoms with E-state index in [4.69, 9.17) is 11.6 Å². The number of aromatic amines is 1. The average Bonchev–Trinajstić information content (AvgIpc) is 2.28. The van der Waals surface area contributed by atoms with Crippen LogP contribution in [0, 0.1) is 0 Å². The van der Waals surface area contributed by atoms with E-state index in [0.29, 0.717) is 5.82 Å². The fourth-order valence-electron chi connectivity index (χ4n) is 1.14. The number of H-pyrrole nitrogens is 1. The first-order valence-corrected chi connectivity index (χ1v) is 5.59. The number of halogens is 2. The number of anilines is 2. The van der Waals surface area contributed by atoms with Crippen LogP contribution in [0.3, 0.4) is 0 Å². The van der Waals surface area contributed by atoms with Gasteiger partial charge in [-0.05, 0) is 24.3 Å². The summed E-state index contributed by atoms with van der Waals surface area (Å²) in [6.07, 6.45) is 1.30. The van der Waals surface area contributed by atoms with Gasteiger partial charge in [0.2, 0.25) is 0 Å². The number of hydrogen-bond donors (Lipinski definition) is 2. The van der Waals surface area contributed by atoms with E-state index in [1.807, 2.05) is 24.3 Å². The summed E-state index contributed by atoms with van der Waals surface area (Å²) in [6, 6.07) is 7.46. The molecule has 82 valence electrons. The van der Waals surface area contributed by atoms with Crippen molar-refractivity contribution in [3.63, 3.8) is 0 Å². The Kier molecular flexibility index (Phi) is 3.26. The lowest BCUT2D eigenvalue weighted by atomic mass is 10.3. The summed E-state index contributed by atoms with van der Waals surface area (Å²) in [5, 5.41) is 3.00. The van der Waals surface area contributed by atoms with Crippen molar-refractivity contribution in [2.45, 2.75) is 0 Å². The SMILES string of the molecule is O=c1[nH]cnc(Nc2ccc(Br)cc2)c1Cl. The van der Waals surface area contributed by atoms with Crippen LogP contribution in [-0.2, 0) is 0 Å². The molecule has 0 saturated heterocycles. The van der Waals surface area contributed by atoms with Crippen molar-refractivity contribution in [3.05, 3.63) is 50.4 Å². The van der Waals surface area contributed by atoms with E-state index in [-0.39, 0.29) is 10.6 Å². The van der Waals surface area contributed by atoms with E-state index in [0.717, 1.165) is 10.2 Å². The first-order valence-electron chi connectivity index (χ1n) is 4.42. The van der Waals surface area contributed by atoms with Crippen LogP contribution in [0.25, 0.3) is 0 Å². The zero-order valence-corrected chi connectivity index (χ0v) is 10.3. The summed E-state index contributed by atoms with van der Waals surface area (Å²) >= 11 is 9.13. The van der Waals surface area contributed by atoms with Gasteiger partial charge in [0.15, 0.2) is 5.82 Å². The Morgan fingerprint density at radius 3 is 2.69 bits per heavy atom. The van der Waals surface area contributed by atoms with Crippen molar-refractivity contribution in [2.24, 2.45) is 0 Å². The highest BCUT2D eigenvalue weighted by Gasteiger charge is 2.05. The normalized spacial score (nSPS) is 10.1. The minimum absolute atomic E-state index is 0.0467. The third-order valence-corrected chi connectivity index (χ3v) is 2.78. The highest BCUT2D eigenvalue weighted by molar-refractivity contribution is 9.10. The lowest BCUT2D eigenvalue weighted by molar-refractivity contribution is 1.12. The summed E-state index contributed by atoms with van der Waals surface area (Å²) in [5.74, 6) is 0.340. The summed E-state index contributed by atoms with van der Waals surface area (Å²) in [7, 11) is 0. The molecule has 4 nitrogen and oxygen atoms in total. The van der Waals surface area contributed by atoms with Crippen LogP contribution in [0.4, 0.5) is 11.5 Å². The Labute approximate surface area is 105 Å². The molecular weight excluding hydrogens is 293 g/mol. The molecule has 6 heteroatoms. The maximum atomic E-state index is 11.2. The van der Waals surface area contributed by atoms with Gasteiger partial charge in [-0.3, -0.25) is 4.79 Å². The number of rotatable bonds is 2. The van der Waals surface area contributed by atoms with Crippen molar-refractivity contribution < 1.29 is 0 Å². The van der Waals surface area contributed by atoms with Crippen LogP contribution in [0.15, 0.2) is 39.9 Å². The Balaban J connectivity index is 2.30. The standard InChI is InChI=1S/C10H7BrClN3O/c11-6-1-3-7(4-2-6)15-9-8(12)10(16)14-5-13-9/h1-5H,(H2,13,14,15,16). The van der Waals surface area contributed by atoms with Gasteiger partial charge in [0.1, 0.15) is 5.02 Å². The molecule has 1 heterocycles. The molecule has 2 aromatic rings. The molecule has 1 aromatic heterocycles. The summed E-state index contributed by atoms with van der Waals surface area (Å²) in [4.78, 5) is 17.5. The lowest BCUT2D eigenvalue weighted by Crippen LogP contribution is -2.09. The summed E-state index contributed by atoms with van der Waals surface area (Å²) in [6.45, 7) is 0. The minimum atomic E-state index is -0.365.